The lowest BCUT2D eigenvalue weighted by Gasteiger charge is -2.13. The summed E-state index contributed by atoms with van der Waals surface area (Å²) < 4.78 is 32.2. The van der Waals surface area contributed by atoms with Gasteiger partial charge in [-0.3, -0.25) is 4.99 Å². The van der Waals surface area contributed by atoms with Crippen LogP contribution in [-0.2, 0) is 28.5 Å². The Hall–Kier alpha value is -1.89. The standard InChI is InChI=1S/C22H33NO9S/c1-22(21(25)26)16-33-20(23-22)19-17(24)4-3-5-18(19)32-15-14-31-13-12-30-11-10-29-9-8-28-7-6-27-2/h3-5,24H,6-16H2,1-2H3,(H,25,26). The topological polar surface area (TPSA) is 125 Å². The third kappa shape index (κ3) is 9.48. The molecular formula is C22H33NO9S. The molecule has 0 spiro atoms. The van der Waals surface area contributed by atoms with Gasteiger partial charge in [0, 0.05) is 12.9 Å². The molecule has 1 unspecified atom stereocenters. The lowest BCUT2D eigenvalue weighted by molar-refractivity contribution is -0.141. The molecule has 1 aromatic carbocycles. The molecule has 0 fully saturated rings. The van der Waals surface area contributed by atoms with Crippen molar-refractivity contribution >= 4 is 22.8 Å². The minimum absolute atomic E-state index is 0.00790. The molecule has 186 valence electrons. The van der Waals surface area contributed by atoms with Crippen molar-refractivity contribution in [3.63, 3.8) is 0 Å². The fourth-order valence-corrected chi connectivity index (χ4v) is 3.93. The normalized spacial score (nSPS) is 17.8. The summed E-state index contributed by atoms with van der Waals surface area (Å²) >= 11 is 1.28. The maximum atomic E-state index is 11.4. The Balaban J connectivity index is 1.60. The Bertz CT molecular complexity index is 761. The molecule has 1 heterocycles. The number of hydrogen-bond acceptors (Lipinski definition) is 10. The summed E-state index contributed by atoms with van der Waals surface area (Å²) in [5.41, 5.74) is -0.814. The molecule has 33 heavy (non-hydrogen) atoms. The second-order valence-electron chi connectivity index (χ2n) is 7.23. The van der Waals surface area contributed by atoms with E-state index in [2.05, 4.69) is 4.99 Å². The first kappa shape index (κ1) is 27.4. The zero-order valence-corrected chi connectivity index (χ0v) is 19.9. The van der Waals surface area contributed by atoms with Crippen LogP contribution in [0, 0.1) is 0 Å². The van der Waals surface area contributed by atoms with Crippen LogP contribution in [0.1, 0.15) is 12.5 Å². The molecule has 10 nitrogen and oxygen atoms in total. The largest absolute Gasteiger partial charge is 0.507 e. The highest BCUT2D eigenvalue weighted by molar-refractivity contribution is 8.14. The number of ether oxygens (including phenoxy) is 6. The first-order valence-electron chi connectivity index (χ1n) is 10.7. The zero-order valence-electron chi connectivity index (χ0n) is 19.1. The molecule has 0 saturated carbocycles. The lowest BCUT2D eigenvalue weighted by Crippen LogP contribution is -2.33. The minimum Gasteiger partial charge on any atom is -0.507 e. The molecule has 1 aliphatic heterocycles. The first-order valence-corrected chi connectivity index (χ1v) is 11.7. The molecule has 1 aliphatic rings. The van der Waals surface area contributed by atoms with E-state index in [4.69, 9.17) is 28.4 Å². The van der Waals surface area contributed by atoms with Gasteiger partial charge in [-0.2, -0.15) is 0 Å². The van der Waals surface area contributed by atoms with Gasteiger partial charge in [-0.1, -0.05) is 6.07 Å². The van der Waals surface area contributed by atoms with Gasteiger partial charge in [-0.15, -0.1) is 11.8 Å². The van der Waals surface area contributed by atoms with Gasteiger partial charge >= 0.3 is 5.97 Å². The molecule has 0 radical (unpaired) electrons. The van der Waals surface area contributed by atoms with Gasteiger partial charge in [0.2, 0.25) is 0 Å². The quantitative estimate of drug-likeness (QED) is 0.296. The number of carbonyl (C=O) groups is 1. The fourth-order valence-electron chi connectivity index (χ4n) is 2.70. The second kappa shape index (κ2) is 15.1. The zero-order chi connectivity index (χ0) is 23.9. The number of thioether (sulfide) groups is 1. The Kier molecular flexibility index (Phi) is 12.5. The molecule has 0 aliphatic carbocycles. The highest BCUT2D eigenvalue weighted by Gasteiger charge is 2.39. The van der Waals surface area contributed by atoms with Crippen molar-refractivity contribution in [1.82, 2.24) is 0 Å². The Morgan fingerprint density at radius 2 is 1.52 bits per heavy atom. The van der Waals surface area contributed by atoms with Gasteiger partial charge in [0.15, 0.2) is 5.54 Å². The monoisotopic (exact) mass is 487 g/mol. The van der Waals surface area contributed by atoms with E-state index >= 15 is 0 Å². The molecule has 11 heteroatoms. The number of aliphatic carboxylic acids is 1. The van der Waals surface area contributed by atoms with E-state index in [9.17, 15) is 15.0 Å². The molecule has 0 aromatic heterocycles. The second-order valence-corrected chi connectivity index (χ2v) is 8.19. The Morgan fingerprint density at radius 1 is 0.970 bits per heavy atom. The van der Waals surface area contributed by atoms with Crippen LogP contribution in [0.4, 0.5) is 0 Å². The number of phenolic OH excluding ortho intramolecular Hbond substituents is 1. The summed E-state index contributed by atoms with van der Waals surface area (Å²) in [5.74, 6) is -0.288. The maximum absolute atomic E-state index is 11.4. The van der Waals surface area contributed by atoms with Gasteiger partial charge in [-0.25, -0.2) is 4.79 Å². The van der Waals surface area contributed by atoms with Gasteiger partial charge in [0.25, 0.3) is 0 Å². The number of phenols is 1. The van der Waals surface area contributed by atoms with E-state index in [1.165, 1.54) is 17.8 Å². The van der Waals surface area contributed by atoms with Crippen LogP contribution >= 0.6 is 11.8 Å². The number of carboxylic acids is 1. The van der Waals surface area contributed by atoms with Gasteiger partial charge in [0.05, 0.1) is 65.0 Å². The average molecular weight is 488 g/mol. The number of aromatic hydroxyl groups is 1. The molecule has 2 rings (SSSR count). The Morgan fingerprint density at radius 3 is 2.03 bits per heavy atom. The number of methoxy groups -OCH3 is 1. The third-order valence-corrected chi connectivity index (χ3v) is 5.83. The number of hydrogen-bond donors (Lipinski definition) is 2. The predicted octanol–water partition coefficient (Wildman–Crippen LogP) is 1.82. The van der Waals surface area contributed by atoms with Crippen LogP contribution < -0.4 is 4.74 Å². The average Bonchev–Trinajstić information content (AvgIpc) is 3.19. The summed E-state index contributed by atoms with van der Waals surface area (Å²) in [6.45, 7) is 6.12. The SMILES string of the molecule is COCCOCCOCCOCCOCCOc1cccc(O)c1C1=NC(C)(C(=O)O)CS1. The lowest BCUT2D eigenvalue weighted by atomic mass is 10.1. The summed E-state index contributed by atoms with van der Waals surface area (Å²) in [4.78, 5) is 15.7. The van der Waals surface area contributed by atoms with Crippen molar-refractivity contribution in [2.75, 3.05) is 78.9 Å². The van der Waals surface area contributed by atoms with E-state index in [-0.39, 0.29) is 12.4 Å². The van der Waals surface area contributed by atoms with Crippen molar-refractivity contribution in [2.45, 2.75) is 12.5 Å². The number of carboxylic acid groups (broad SMARTS) is 1. The van der Waals surface area contributed by atoms with Crippen LogP contribution in [0.25, 0.3) is 0 Å². The van der Waals surface area contributed by atoms with Crippen LogP contribution in [0.5, 0.6) is 11.5 Å². The predicted molar refractivity (Wildman–Crippen MR) is 124 cm³/mol. The number of aliphatic imine (C=N–C) groups is 1. The van der Waals surface area contributed by atoms with Crippen LogP contribution in [0.15, 0.2) is 23.2 Å². The van der Waals surface area contributed by atoms with E-state index < -0.39 is 11.5 Å². The molecule has 1 atom stereocenters. The van der Waals surface area contributed by atoms with E-state index in [1.807, 2.05) is 0 Å². The van der Waals surface area contributed by atoms with Gasteiger partial charge in [0.1, 0.15) is 23.1 Å². The molecule has 0 amide bonds. The summed E-state index contributed by atoms with van der Waals surface area (Å²) in [6.07, 6.45) is 0. The smallest absolute Gasteiger partial charge is 0.332 e. The van der Waals surface area contributed by atoms with Crippen molar-refractivity contribution in [2.24, 2.45) is 4.99 Å². The fraction of sp³-hybridized carbons (Fsp3) is 0.636. The Labute approximate surface area is 198 Å². The maximum Gasteiger partial charge on any atom is 0.332 e. The van der Waals surface area contributed by atoms with E-state index in [0.29, 0.717) is 81.6 Å². The molecule has 2 N–H and O–H groups in total. The summed E-state index contributed by atoms with van der Waals surface area (Å²) in [7, 11) is 1.63. The van der Waals surface area contributed by atoms with Crippen molar-refractivity contribution in [3.05, 3.63) is 23.8 Å². The minimum atomic E-state index is -1.22. The van der Waals surface area contributed by atoms with E-state index in [1.54, 1.807) is 26.2 Å². The molecule has 0 saturated heterocycles. The molecular weight excluding hydrogens is 454 g/mol. The van der Waals surface area contributed by atoms with Crippen molar-refractivity contribution in [3.8, 4) is 11.5 Å². The highest BCUT2D eigenvalue weighted by Crippen LogP contribution is 2.38. The van der Waals surface area contributed by atoms with Crippen molar-refractivity contribution < 1.29 is 43.4 Å². The van der Waals surface area contributed by atoms with Crippen LogP contribution in [-0.4, -0.2) is 106 Å². The highest BCUT2D eigenvalue weighted by atomic mass is 32.2. The summed E-state index contributed by atoms with van der Waals surface area (Å²) in [5, 5.41) is 20.1. The molecule has 1 aromatic rings. The number of rotatable bonds is 18. The van der Waals surface area contributed by atoms with Gasteiger partial charge < -0.3 is 38.6 Å². The van der Waals surface area contributed by atoms with Crippen LogP contribution in [0.3, 0.4) is 0 Å². The third-order valence-electron chi connectivity index (χ3n) is 4.55. The first-order chi connectivity index (χ1) is 16.0. The number of nitrogens with zero attached hydrogens (tertiary/aromatic N) is 1. The molecule has 0 bridgehead atoms. The van der Waals surface area contributed by atoms with Crippen molar-refractivity contribution in [1.29, 1.82) is 0 Å². The number of benzene rings is 1. The van der Waals surface area contributed by atoms with E-state index in [0.717, 1.165) is 0 Å². The summed E-state index contributed by atoms with van der Waals surface area (Å²) in [6, 6.07) is 4.89. The van der Waals surface area contributed by atoms with Gasteiger partial charge in [-0.05, 0) is 19.1 Å². The van der Waals surface area contributed by atoms with Crippen LogP contribution in [0.2, 0.25) is 0 Å².